The molecule has 0 saturated heterocycles. The maximum Gasteiger partial charge on any atom is 0.193 e. The van der Waals surface area contributed by atoms with Crippen molar-refractivity contribution in [2.75, 3.05) is 0 Å². The largest absolute Gasteiger partial charge is 0.507 e. The molecule has 0 saturated carbocycles. The second kappa shape index (κ2) is 5.76. The minimum Gasteiger partial charge on any atom is -0.507 e. The highest BCUT2D eigenvalue weighted by molar-refractivity contribution is 6.11. The first-order chi connectivity index (χ1) is 11.0. The van der Waals surface area contributed by atoms with Gasteiger partial charge in [-0.1, -0.05) is 42.5 Å². The van der Waals surface area contributed by atoms with Crippen molar-refractivity contribution in [2.24, 2.45) is 0 Å². The van der Waals surface area contributed by atoms with Crippen LogP contribution in [0.1, 0.15) is 35.3 Å². The molecule has 3 nitrogen and oxygen atoms in total. The number of hydrogen-bond acceptors (Lipinski definition) is 3. The molecule has 2 aromatic carbocycles. The number of phenols is 1. The predicted molar refractivity (Wildman–Crippen MR) is 91.7 cm³/mol. The summed E-state index contributed by atoms with van der Waals surface area (Å²) in [7, 11) is 0. The van der Waals surface area contributed by atoms with Crippen LogP contribution in [0.25, 0.3) is 12.2 Å². The highest BCUT2D eigenvalue weighted by Crippen LogP contribution is 2.38. The summed E-state index contributed by atoms with van der Waals surface area (Å²) in [5.41, 5.74) is 1.40. The van der Waals surface area contributed by atoms with Crippen LogP contribution in [0.3, 0.4) is 0 Å². The summed E-state index contributed by atoms with van der Waals surface area (Å²) in [6.45, 7) is 3.81. The van der Waals surface area contributed by atoms with Gasteiger partial charge in [0.25, 0.3) is 0 Å². The van der Waals surface area contributed by atoms with Crippen molar-refractivity contribution in [1.82, 2.24) is 0 Å². The highest BCUT2D eigenvalue weighted by Gasteiger charge is 2.27. The molecular weight excluding hydrogens is 288 g/mol. The van der Waals surface area contributed by atoms with Crippen molar-refractivity contribution in [1.29, 1.82) is 0 Å². The number of ether oxygens (including phenoxy) is 1. The first kappa shape index (κ1) is 15.1. The third-order valence-electron chi connectivity index (χ3n) is 3.67. The SMILES string of the molecule is CC1(C)C=Cc2ccc(O)c(C(=O)C=Cc3ccccc3)c2O1. The normalized spacial score (nSPS) is 15.2. The molecule has 3 rings (SSSR count). The van der Waals surface area contributed by atoms with E-state index in [9.17, 15) is 9.90 Å². The van der Waals surface area contributed by atoms with Gasteiger partial charge in [-0.15, -0.1) is 0 Å². The summed E-state index contributed by atoms with van der Waals surface area (Å²) in [5.74, 6) is 0.0760. The van der Waals surface area contributed by atoms with Gasteiger partial charge >= 0.3 is 0 Å². The van der Waals surface area contributed by atoms with E-state index in [0.717, 1.165) is 11.1 Å². The van der Waals surface area contributed by atoms with E-state index in [1.165, 1.54) is 12.1 Å². The van der Waals surface area contributed by atoms with Crippen LogP contribution < -0.4 is 4.74 Å². The van der Waals surface area contributed by atoms with Crippen LogP contribution in [-0.2, 0) is 0 Å². The van der Waals surface area contributed by atoms with Gasteiger partial charge < -0.3 is 9.84 Å². The summed E-state index contributed by atoms with van der Waals surface area (Å²) < 4.78 is 5.90. The summed E-state index contributed by atoms with van der Waals surface area (Å²) in [6.07, 6.45) is 7.03. The zero-order chi connectivity index (χ0) is 16.4. The Morgan fingerprint density at radius 3 is 2.61 bits per heavy atom. The number of carbonyl (C=O) groups excluding carboxylic acids is 1. The van der Waals surface area contributed by atoms with Crippen molar-refractivity contribution in [3.8, 4) is 11.5 Å². The molecule has 1 aliphatic heterocycles. The Hall–Kier alpha value is -2.81. The van der Waals surface area contributed by atoms with Gasteiger partial charge in [-0.2, -0.15) is 0 Å². The Morgan fingerprint density at radius 1 is 1.13 bits per heavy atom. The van der Waals surface area contributed by atoms with E-state index in [1.54, 1.807) is 12.1 Å². The van der Waals surface area contributed by atoms with E-state index in [4.69, 9.17) is 4.74 Å². The van der Waals surface area contributed by atoms with E-state index in [2.05, 4.69) is 0 Å². The van der Waals surface area contributed by atoms with E-state index >= 15 is 0 Å². The Balaban J connectivity index is 1.99. The molecule has 1 aliphatic rings. The van der Waals surface area contributed by atoms with E-state index in [0.29, 0.717) is 5.75 Å². The molecule has 0 fully saturated rings. The summed E-state index contributed by atoms with van der Waals surface area (Å²) in [4.78, 5) is 12.6. The second-order valence-corrected chi connectivity index (χ2v) is 6.03. The lowest BCUT2D eigenvalue weighted by atomic mass is 9.97. The maximum absolute atomic E-state index is 12.6. The lowest BCUT2D eigenvalue weighted by Crippen LogP contribution is -2.28. The van der Waals surface area contributed by atoms with Crippen molar-refractivity contribution in [3.05, 3.63) is 71.3 Å². The number of ketones is 1. The maximum atomic E-state index is 12.6. The van der Waals surface area contributed by atoms with Crippen molar-refractivity contribution < 1.29 is 14.6 Å². The zero-order valence-electron chi connectivity index (χ0n) is 13.1. The quantitative estimate of drug-likeness (QED) is 0.672. The van der Waals surface area contributed by atoms with Crippen LogP contribution in [0.4, 0.5) is 0 Å². The third-order valence-corrected chi connectivity index (χ3v) is 3.67. The fourth-order valence-electron chi connectivity index (χ4n) is 2.47. The molecule has 0 aliphatic carbocycles. The monoisotopic (exact) mass is 306 g/mol. The van der Waals surface area contributed by atoms with Gasteiger partial charge in [0.2, 0.25) is 0 Å². The van der Waals surface area contributed by atoms with Crippen molar-refractivity contribution in [3.63, 3.8) is 0 Å². The van der Waals surface area contributed by atoms with E-state index in [1.807, 2.05) is 56.3 Å². The molecule has 0 spiro atoms. The van der Waals surface area contributed by atoms with E-state index < -0.39 is 5.60 Å². The minimum absolute atomic E-state index is 0.0717. The number of hydrogen-bond donors (Lipinski definition) is 1. The fourth-order valence-corrected chi connectivity index (χ4v) is 2.47. The van der Waals surface area contributed by atoms with Gasteiger partial charge in [-0.3, -0.25) is 4.79 Å². The Labute approximate surface area is 135 Å². The topological polar surface area (TPSA) is 46.5 Å². The fraction of sp³-hybridized carbons (Fsp3) is 0.150. The average Bonchev–Trinajstić information content (AvgIpc) is 2.52. The zero-order valence-corrected chi connectivity index (χ0v) is 13.1. The number of benzene rings is 2. The molecule has 3 heteroatoms. The van der Waals surface area contributed by atoms with Gasteiger partial charge in [0.15, 0.2) is 5.78 Å². The molecule has 0 aromatic heterocycles. The highest BCUT2D eigenvalue weighted by atomic mass is 16.5. The van der Waals surface area contributed by atoms with Crippen LogP contribution in [0.2, 0.25) is 0 Å². The van der Waals surface area contributed by atoms with Crippen LogP contribution in [0, 0.1) is 0 Å². The van der Waals surface area contributed by atoms with Gasteiger partial charge in [0, 0.05) is 5.56 Å². The van der Waals surface area contributed by atoms with Crippen LogP contribution in [0.5, 0.6) is 11.5 Å². The third kappa shape index (κ3) is 3.19. The summed E-state index contributed by atoms with van der Waals surface area (Å²) in [6, 6.07) is 12.8. The standard InChI is InChI=1S/C20H18O3/c1-20(2)13-12-15-9-11-17(22)18(19(15)23-20)16(21)10-8-14-6-4-3-5-7-14/h3-13,22H,1-2H3. The molecule has 1 N–H and O–H groups in total. The van der Waals surface area contributed by atoms with Gasteiger partial charge in [0.05, 0.1) is 0 Å². The minimum atomic E-state index is -0.515. The van der Waals surface area contributed by atoms with Gasteiger partial charge in [-0.25, -0.2) is 0 Å². The molecule has 23 heavy (non-hydrogen) atoms. The summed E-state index contributed by atoms with van der Waals surface area (Å²) >= 11 is 0. The molecule has 0 amide bonds. The van der Waals surface area contributed by atoms with Crippen LogP contribution >= 0.6 is 0 Å². The molecule has 0 unspecified atom stereocenters. The molecule has 116 valence electrons. The molecule has 2 aromatic rings. The smallest absolute Gasteiger partial charge is 0.193 e. The number of allylic oxidation sites excluding steroid dienone is 1. The predicted octanol–water partition coefficient (Wildman–Crippen LogP) is 4.47. The Morgan fingerprint density at radius 2 is 1.87 bits per heavy atom. The molecular formula is C20H18O3. The van der Waals surface area contributed by atoms with Crippen molar-refractivity contribution in [2.45, 2.75) is 19.4 Å². The molecule has 0 radical (unpaired) electrons. The average molecular weight is 306 g/mol. The lowest BCUT2D eigenvalue weighted by Gasteiger charge is -2.29. The summed E-state index contributed by atoms with van der Waals surface area (Å²) in [5, 5.41) is 10.1. The molecule has 0 atom stereocenters. The Kier molecular flexibility index (Phi) is 3.78. The van der Waals surface area contributed by atoms with Crippen LogP contribution in [-0.4, -0.2) is 16.5 Å². The lowest BCUT2D eigenvalue weighted by molar-refractivity contribution is 0.103. The number of rotatable bonds is 3. The van der Waals surface area contributed by atoms with Gasteiger partial charge in [0.1, 0.15) is 22.7 Å². The van der Waals surface area contributed by atoms with Crippen molar-refractivity contribution >= 4 is 17.9 Å². The number of aromatic hydroxyl groups is 1. The molecule has 0 bridgehead atoms. The Bertz CT molecular complexity index is 799. The molecule has 1 heterocycles. The van der Waals surface area contributed by atoms with Crippen LogP contribution in [0.15, 0.2) is 54.6 Å². The number of fused-ring (bicyclic) bond motifs is 1. The number of phenolic OH excluding ortho intramolecular Hbond substituents is 1. The van der Waals surface area contributed by atoms with E-state index in [-0.39, 0.29) is 17.1 Å². The first-order valence-electron chi connectivity index (χ1n) is 7.48. The van der Waals surface area contributed by atoms with Gasteiger partial charge in [-0.05, 0) is 43.7 Å². The number of carbonyl (C=O) groups is 1. The second-order valence-electron chi connectivity index (χ2n) is 6.03. The first-order valence-corrected chi connectivity index (χ1v) is 7.48.